The molecule has 0 aromatic heterocycles. The third kappa shape index (κ3) is 6.08. The maximum Gasteiger partial charge on any atom is 0.261 e. The van der Waals surface area contributed by atoms with Crippen molar-refractivity contribution in [2.24, 2.45) is 0 Å². The van der Waals surface area contributed by atoms with Crippen LogP contribution in [0.15, 0.2) is 47.4 Å². The lowest BCUT2D eigenvalue weighted by molar-refractivity contribution is 0.0953. The third-order valence-corrected chi connectivity index (χ3v) is 5.46. The Hall–Kier alpha value is -2.38. The van der Waals surface area contributed by atoms with E-state index in [9.17, 15) is 13.2 Å². The molecule has 3 N–H and O–H groups in total. The number of hydrogen-bond acceptors (Lipinski definition) is 4. The highest BCUT2D eigenvalue weighted by molar-refractivity contribution is 7.92. The molecule has 2 aromatic carbocycles. The van der Waals surface area contributed by atoms with Crippen LogP contribution < -0.4 is 15.4 Å². The van der Waals surface area contributed by atoms with E-state index in [1.165, 1.54) is 12.1 Å². The predicted molar refractivity (Wildman–Crippen MR) is 109 cm³/mol. The Morgan fingerprint density at radius 2 is 1.67 bits per heavy atom. The molecule has 0 aliphatic rings. The summed E-state index contributed by atoms with van der Waals surface area (Å²) in [5.74, 6) is -0.279. The molecule has 2 rings (SSSR count). The molecule has 0 heterocycles. The van der Waals surface area contributed by atoms with Crippen molar-refractivity contribution in [3.05, 3.63) is 59.2 Å². The summed E-state index contributed by atoms with van der Waals surface area (Å²) in [6.45, 7) is 7.84. The van der Waals surface area contributed by atoms with Crippen LogP contribution in [0.5, 0.6) is 0 Å². The van der Waals surface area contributed by atoms with Crippen molar-refractivity contribution < 1.29 is 13.2 Å². The second-order valence-corrected chi connectivity index (χ2v) is 8.14. The van der Waals surface area contributed by atoms with Crippen LogP contribution in [0.25, 0.3) is 0 Å². The molecular weight excluding hydrogens is 362 g/mol. The molecular formula is C20H27N3O3S. The summed E-state index contributed by atoms with van der Waals surface area (Å²) >= 11 is 0. The first-order valence-corrected chi connectivity index (χ1v) is 10.5. The minimum atomic E-state index is -3.77. The van der Waals surface area contributed by atoms with E-state index in [2.05, 4.69) is 22.3 Å². The van der Waals surface area contributed by atoms with E-state index < -0.39 is 10.0 Å². The average molecular weight is 390 g/mol. The van der Waals surface area contributed by atoms with E-state index in [1.54, 1.807) is 25.1 Å². The number of aryl methyl sites for hydroxylation is 2. The SMILES string of the molecule is CCCNCCNC(=O)c1cc(S(=O)(=O)Nc2ccc(C)cc2)ccc1C. The van der Waals surface area contributed by atoms with E-state index in [1.807, 2.05) is 19.1 Å². The number of rotatable bonds is 9. The van der Waals surface area contributed by atoms with E-state index in [4.69, 9.17) is 0 Å². The smallest absolute Gasteiger partial charge is 0.261 e. The summed E-state index contributed by atoms with van der Waals surface area (Å²) in [6.07, 6.45) is 1.03. The molecule has 6 nitrogen and oxygen atoms in total. The molecule has 27 heavy (non-hydrogen) atoms. The molecule has 0 saturated carbocycles. The topological polar surface area (TPSA) is 87.3 Å². The number of hydrogen-bond donors (Lipinski definition) is 3. The molecule has 2 aromatic rings. The first-order valence-electron chi connectivity index (χ1n) is 9.02. The van der Waals surface area contributed by atoms with Crippen LogP contribution in [-0.4, -0.2) is 34.0 Å². The van der Waals surface area contributed by atoms with Crippen LogP contribution in [0.3, 0.4) is 0 Å². The molecule has 146 valence electrons. The first kappa shape index (κ1) is 20.9. The van der Waals surface area contributed by atoms with Crippen molar-refractivity contribution in [1.82, 2.24) is 10.6 Å². The zero-order chi connectivity index (χ0) is 19.9. The molecule has 0 unspecified atom stereocenters. The van der Waals surface area contributed by atoms with Crippen LogP contribution >= 0.6 is 0 Å². The third-order valence-electron chi connectivity index (χ3n) is 4.08. The lowest BCUT2D eigenvalue weighted by Gasteiger charge is -2.12. The molecule has 0 radical (unpaired) electrons. The van der Waals surface area contributed by atoms with Crippen LogP contribution in [0.4, 0.5) is 5.69 Å². The van der Waals surface area contributed by atoms with Crippen molar-refractivity contribution in [2.75, 3.05) is 24.4 Å². The fraction of sp³-hybridized carbons (Fsp3) is 0.350. The Morgan fingerprint density at radius 1 is 0.963 bits per heavy atom. The Bertz CT molecular complexity index is 878. The summed E-state index contributed by atoms with van der Waals surface area (Å²) in [7, 11) is -3.77. The van der Waals surface area contributed by atoms with Gasteiger partial charge in [0.05, 0.1) is 4.90 Å². The molecule has 0 aliphatic carbocycles. The second-order valence-electron chi connectivity index (χ2n) is 6.45. The fourth-order valence-electron chi connectivity index (χ4n) is 2.51. The van der Waals surface area contributed by atoms with Gasteiger partial charge < -0.3 is 10.6 Å². The molecule has 0 aliphatic heterocycles. The van der Waals surface area contributed by atoms with Gasteiger partial charge in [-0.3, -0.25) is 9.52 Å². The van der Waals surface area contributed by atoms with Gasteiger partial charge >= 0.3 is 0 Å². The average Bonchev–Trinajstić information content (AvgIpc) is 2.63. The van der Waals surface area contributed by atoms with Crippen LogP contribution in [0.2, 0.25) is 0 Å². The maximum atomic E-state index is 12.7. The summed E-state index contributed by atoms with van der Waals surface area (Å²) in [5, 5.41) is 6.02. The fourth-order valence-corrected chi connectivity index (χ4v) is 3.59. The van der Waals surface area contributed by atoms with Gasteiger partial charge in [-0.15, -0.1) is 0 Å². The Balaban J connectivity index is 2.12. The highest BCUT2D eigenvalue weighted by Gasteiger charge is 2.18. The molecule has 0 fully saturated rings. The standard InChI is InChI=1S/C20H27N3O3S/c1-4-11-21-12-13-22-20(24)19-14-18(10-7-16(19)3)27(25,26)23-17-8-5-15(2)6-9-17/h5-10,14,21,23H,4,11-13H2,1-3H3,(H,22,24). The van der Waals surface area contributed by atoms with Gasteiger partial charge in [-0.2, -0.15) is 0 Å². The van der Waals surface area contributed by atoms with E-state index in [0.717, 1.165) is 24.1 Å². The van der Waals surface area contributed by atoms with E-state index >= 15 is 0 Å². The molecule has 0 atom stereocenters. The Labute approximate surface area is 161 Å². The highest BCUT2D eigenvalue weighted by Crippen LogP contribution is 2.19. The number of sulfonamides is 1. The van der Waals surface area contributed by atoms with Gasteiger partial charge in [0.2, 0.25) is 0 Å². The van der Waals surface area contributed by atoms with Gasteiger partial charge in [0.15, 0.2) is 0 Å². The predicted octanol–water partition coefficient (Wildman–Crippen LogP) is 2.83. The van der Waals surface area contributed by atoms with Crippen LogP contribution in [-0.2, 0) is 10.0 Å². The van der Waals surface area contributed by atoms with Gasteiger partial charge in [0, 0.05) is 24.3 Å². The summed E-state index contributed by atoms with van der Waals surface area (Å²) in [5.41, 5.74) is 2.61. The van der Waals surface area contributed by atoms with E-state index in [0.29, 0.717) is 24.3 Å². The van der Waals surface area contributed by atoms with Crippen molar-refractivity contribution >= 4 is 21.6 Å². The molecule has 7 heteroatoms. The van der Waals surface area contributed by atoms with Crippen LogP contribution in [0.1, 0.15) is 34.8 Å². The number of carbonyl (C=O) groups is 1. The zero-order valence-corrected chi connectivity index (χ0v) is 16.8. The minimum Gasteiger partial charge on any atom is -0.351 e. The normalized spacial score (nSPS) is 11.2. The zero-order valence-electron chi connectivity index (χ0n) is 16.0. The van der Waals surface area contributed by atoms with Crippen molar-refractivity contribution in [2.45, 2.75) is 32.1 Å². The largest absolute Gasteiger partial charge is 0.351 e. The van der Waals surface area contributed by atoms with E-state index in [-0.39, 0.29) is 10.8 Å². The van der Waals surface area contributed by atoms with Gasteiger partial charge in [0.1, 0.15) is 0 Å². The summed E-state index contributed by atoms with van der Waals surface area (Å²) in [4.78, 5) is 12.5. The van der Waals surface area contributed by atoms with Crippen molar-refractivity contribution in [3.8, 4) is 0 Å². The molecule has 1 amide bonds. The second kappa shape index (κ2) is 9.53. The van der Waals surface area contributed by atoms with Crippen molar-refractivity contribution in [1.29, 1.82) is 0 Å². The van der Waals surface area contributed by atoms with Gasteiger partial charge in [-0.25, -0.2) is 8.42 Å². The number of nitrogens with one attached hydrogen (secondary N) is 3. The monoisotopic (exact) mass is 389 g/mol. The minimum absolute atomic E-state index is 0.0583. The summed E-state index contributed by atoms with van der Waals surface area (Å²) in [6, 6.07) is 11.6. The number of amides is 1. The molecule has 0 saturated heterocycles. The van der Waals surface area contributed by atoms with Crippen LogP contribution in [0, 0.1) is 13.8 Å². The van der Waals surface area contributed by atoms with Gasteiger partial charge in [0.25, 0.3) is 15.9 Å². The lowest BCUT2D eigenvalue weighted by Crippen LogP contribution is -2.32. The lowest BCUT2D eigenvalue weighted by atomic mass is 10.1. The molecule has 0 spiro atoms. The number of carbonyl (C=O) groups excluding carboxylic acids is 1. The quantitative estimate of drug-likeness (QED) is 0.576. The highest BCUT2D eigenvalue weighted by atomic mass is 32.2. The summed E-state index contributed by atoms with van der Waals surface area (Å²) < 4.78 is 27.8. The Kier molecular flexibility index (Phi) is 7.38. The van der Waals surface area contributed by atoms with Gasteiger partial charge in [-0.1, -0.05) is 30.7 Å². The van der Waals surface area contributed by atoms with Crippen molar-refractivity contribution in [3.63, 3.8) is 0 Å². The Morgan fingerprint density at radius 3 is 2.33 bits per heavy atom. The van der Waals surface area contributed by atoms with Gasteiger partial charge in [-0.05, 0) is 56.6 Å². The first-order chi connectivity index (χ1) is 12.8. The maximum absolute atomic E-state index is 12.7. The number of benzene rings is 2. The molecule has 0 bridgehead atoms. The number of anilines is 1.